The van der Waals surface area contributed by atoms with Gasteiger partial charge < -0.3 is 14.2 Å². The Hall–Kier alpha value is -1.33. The largest absolute Gasteiger partial charge is 0.372 e. The number of carbonyl (C=O) groups excluding carboxylic acids is 1. The minimum Gasteiger partial charge on any atom is -0.372 e. The van der Waals surface area contributed by atoms with Crippen LogP contribution in [-0.4, -0.2) is 40.7 Å². The van der Waals surface area contributed by atoms with E-state index in [2.05, 4.69) is 11.4 Å². The first kappa shape index (κ1) is 12.7. The SMILES string of the molecule is CC1CN(C(=O)c2cc3sccc3n2C)CC(C)O1. The van der Waals surface area contributed by atoms with Gasteiger partial charge in [0, 0.05) is 20.1 Å². The van der Waals surface area contributed by atoms with E-state index in [1.54, 1.807) is 11.3 Å². The normalized spacial score (nSPS) is 24.1. The van der Waals surface area contributed by atoms with E-state index < -0.39 is 0 Å². The van der Waals surface area contributed by atoms with E-state index in [1.165, 1.54) is 4.70 Å². The molecule has 4 nitrogen and oxygen atoms in total. The highest BCUT2D eigenvalue weighted by Crippen LogP contribution is 2.25. The molecule has 102 valence electrons. The molecule has 1 fully saturated rings. The molecule has 3 rings (SSSR count). The van der Waals surface area contributed by atoms with Crippen LogP contribution in [0, 0.1) is 0 Å². The number of rotatable bonds is 1. The lowest BCUT2D eigenvalue weighted by Crippen LogP contribution is -2.48. The highest BCUT2D eigenvalue weighted by Gasteiger charge is 2.28. The van der Waals surface area contributed by atoms with Gasteiger partial charge in [-0.25, -0.2) is 0 Å². The minimum atomic E-state index is 0.105. The summed E-state index contributed by atoms with van der Waals surface area (Å²) in [5.41, 5.74) is 1.89. The lowest BCUT2D eigenvalue weighted by Gasteiger charge is -2.35. The first-order chi connectivity index (χ1) is 9.06. The van der Waals surface area contributed by atoms with Crippen LogP contribution in [0.2, 0.25) is 0 Å². The lowest BCUT2D eigenvalue weighted by atomic mass is 10.2. The molecule has 1 amide bonds. The highest BCUT2D eigenvalue weighted by molar-refractivity contribution is 7.17. The second-order valence-electron chi connectivity index (χ2n) is 5.23. The smallest absolute Gasteiger partial charge is 0.270 e. The van der Waals surface area contributed by atoms with Crippen LogP contribution in [0.5, 0.6) is 0 Å². The van der Waals surface area contributed by atoms with Crippen LogP contribution in [0.25, 0.3) is 10.2 Å². The molecule has 0 aromatic carbocycles. The molecule has 1 aliphatic rings. The Morgan fingerprint density at radius 3 is 2.68 bits per heavy atom. The average Bonchev–Trinajstić information content (AvgIpc) is 2.91. The van der Waals surface area contributed by atoms with Crippen molar-refractivity contribution in [2.24, 2.45) is 7.05 Å². The van der Waals surface area contributed by atoms with Gasteiger partial charge in [-0.2, -0.15) is 0 Å². The van der Waals surface area contributed by atoms with Crippen molar-refractivity contribution in [1.29, 1.82) is 0 Å². The van der Waals surface area contributed by atoms with Crippen LogP contribution in [0.15, 0.2) is 17.5 Å². The number of fused-ring (bicyclic) bond motifs is 1. The fourth-order valence-electron chi connectivity index (χ4n) is 2.76. The van der Waals surface area contributed by atoms with Crippen molar-refractivity contribution in [3.63, 3.8) is 0 Å². The second kappa shape index (κ2) is 4.65. The third-order valence-electron chi connectivity index (χ3n) is 3.59. The molecule has 19 heavy (non-hydrogen) atoms. The Morgan fingerprint density at radius 1 is 1.37 bits per heavy atom. The van der Waals surface area contributed by atoms with Crippen molar-refractivity contribution in [2.45, 2.75) is 26.1 Å². The predicted molar refractivity (Wildman–Crippen MR) is 76.7 cm³/mol. The number of hydrogen-bond donors (Lipinski definition) is 0. The van der Waals surface area contributed by atoms with Crippen molar-refractivity contribution in [2.75, 3.05) is 13.1 Å². The molecule has 1 saturated heterocycles. The Kier molecular flexibility index (Phi) is 3.11. The summed E-state index contributed by atoms with van der Waals surface area (Å²) in [7, 11) is 1.95. The number of nitrogens with zero attached hydrogens (tertiary/aromatic N) is 2. The molecule has 3 heterocycles. The van der Waals surface area contributed by atoms with E-state index in [0.717, 1.165) is 11.2 Å². The molecule has 0 aliphatic carbocycles. The van der Waals surface area contributed by atoms with Crippen molar-refractivity contribution < 1.29 is 9.53 Å². The monoisotopic (exact) mass is 278 g/mol. The number of carbonyl (C=O) groups is 1. The second-order valence-corrected chi connectivity index (χ2v) is 6.17. The highest BCUT2D eigenvalue weighted by atomic mass is 32.1. The third kappa shape index (κ3) is 2.17. The summed E-state index contributed by atoms with van der Waals surface area (Å²) in [5.74, 6) is 0.105. The maximum atomic E-state index is 12.6. The Bertz CT molecular complexity index is 606. The van der Waals surface area contributed by atoms with Crippen molar-refractivity contribution in [1.82, 2.24) is 9.47 Å². The minimum absolute atomic E-state index is 0.105. The topological polar surface area (TPSA) is 34.5 Å². The quantitative estimate of drug-likeness (QED) is 0.803. The summed E-state index contributed by atoms with van der Waals surface area (Å²) in [4.78, 5) is 14.5. The first-order valence-corrected chi connectivity index (χ1v) is 7.42. The van der Waals surface area contributed by atoms with Crippen LogP contribution >= 0.6 is 11.3 Å². The summed E-state index contributed by atoms with van der Waals surface area (Å²) in [6.45, 7) is 5.36. The van der Waals surface area contributed by atoms with Gasteiger partial charge in [-0.3, -0.25) is 4.79 Å². The molecular weight excluding hydrogens is 260 g/mol. The summed E-state index contributed by atoms with van der Waals surface area (Å²) in [6.07, 6.45) is 0.211. The zero-order valence-electron chi connectivity index (χ0n) is 11.4. The van der Waals surface area contributed by atoms with Gasteiger partial charge in [0.2, 0.25) is 0 Å². The van der Waals surface area contributed by atoms with Crippen LogP contribution in [0.4, 0.5) is 0 Å². The molecule has 2 unspecified atom stereocenters. The number of aryl methyl sites for hydroxylation is 1. The molecule has 0 N–H and O–H groups in total. The lowest BCUT2D eigenvalue weighted by molar-refractivity contribution is -0.0588. The van der Waals surface area contributed by atoms with Gasteiger partial charge in [0.15, 0.2) is 0 Å². The standard InChI is InChI=1S/C14H18N2O2S/c1-9-7-16(8-10(2)18-9)14(17)12-6-13-11(15(12)3)4-5-19-13/h4-6,9-10H,7-8H2,1-3H3. The van der Waals surface area contributed by atoms with Crippen LogP contribution in [-0.2, 0) is 11.8 Å². The molecule has 0 bridgehead atoms. The Morgan fingerprint density at radius 2 is 2.05 bits per heavy atom. The van der Waals surface area contributed by atoms with E-state index in [1.807, 2.05) is 36.4 Å². The van der Waals surface area contributed by atoms with Crippen LogP contribution in [0.1, 0.15) is 24.3 Å². The van der Waals surface area contributed by atoms with Gasteiger partial charge >= 0.3 is 0 Å². The predicted octanol–water partition coefficient (Wildman–Crippen LogP) is 2.49. The Balaban J connectivity index is 1.90. The summed E-state index contributed by atoms with van der Waals surface area (Å²) in [5, 5.41) is 2.05. The first-order valence-electron chi connectivity index (χ1n) is 6.54. The maximum Gasteiger partial charge on any atom is 0.270 e. The number of amides is 1. The molecule has 2 aromatic rings. The molecular formula is C14H18N2O2S. The molecule has 1 aliphatic heterocycles. The van der Waals surface area contributed by atoms with Gasteiger partial charge in [-0.05, 0) is 31.4 Å². The maximum absolute atomic E-state index is 12.6. The van der Waals surface area contributed by atoms with Gasteiger partial charge in [0.1, 0.15) is 5.69 Å². The number of hydrogen-bond acceptors (Lipinski definition) is 3. The molecule has 2 atom stereocenters. The molecule has 0 spiro atoms. The fourth-order valence-corrected chi connectivity index (χ4v) is 3.61. The Labute approximate surface area is 116 Å². The third-order valence-corrected chi connectivity index (χ3v) is 4.44. The number of aromatic nitrogens is 1. The van der Waals surface area contributed by atoms with E-state index in [9.17, 15) is 4.79 Å². The molecule has 2 aromatic heterocycles. The number of ether oxygens (including phenoxy) is 1. The van der Waals surface area contributed by atoms with Crippen molar-refractivity contribution in [3.8, 4) is 0 Å². The van der Waals surface area contributed by atoms with Gasteiger partial charge in [0.05, 0.1) is 22.4 Å². The average molecular weight is 278 g/mol. The molecule has 0 saturated carbocycles. The van der Waals surface area contributed by atoms with Gasteiger partial charge in [-0.1, -0.05) is 0 Å². The summed E-state index contributed by atoms with van der Waals surface area (Å²) < 4.78 is 8.83. The van der Waals surface area contributed by atoms with Crippen molar-refractivity contribution >= 4 is 27.5 Å². The van der Waals surface area contributed by atoms with Crippen LogP contribution in [0.3, 0.4) is 0 Å². The van der Waals surface area contributed by atoms with E-state index >= 15 is 0 Å². The fraction of sp³-hybridized carbons (Fsp3) is 0.500. The summed E-state index contributed by atoms with van der Waals surface area (Å²) >= 11 is 1.67. The summed E-state index contributed by atoms with van der Waals surface area (Å²) in [6, 6.07) is 4.05. The van der Waals surface area contributed by atoms with E-state index in [0.29, 0.717) is 13.1 Å². The van der Waals surface area contributed by atoms with Gasteiger partial charge in [-0.15, -0.1) is 11.3 Å². The van der Waals surface area contributed by atoms with E-state index in [-0.39, 0.29) is 18.1 Å². The van der Waals surface area contributed by atoms with Gasteiger partial charge in [0.25, 0.3) is 5.91 Å². The zero-order valence-corrected chi connectivity index (χ0v) is 12.2. The number of morpholine rings is 1. The van der Waals surface area contributed by atoms with E-state index in [4.69, 9.17) is 4.74 Å². The number of thiophene rings is 1. The van der Waals surface area contributed by atoms with Crippen molar-refractivity contribution in [3.05, 3.63) is 23.2 Å². The molecule has 0 radical (unpaired) electrons. The zero-order chi connectivity index (χ0) is 13.6. The van der Waals surface area contributed by atoms with Crippen LogP contribution < -0.4 is 0 Å². The molecule has 5 heteroatoms.